The van der Waals surface area contributed by atoms with Crippen LogP contribution >= 0.6 is 0 Å². The van der Waals surface area contributed by atoms with E-state index in [9.17, 15) is 0 Å². The van der Waals surface area contributed by atoms with Crippen molar-refractivity contribution < 1.29 is 0 Å². The molecule has 1 aromatic rings. The van der Waals surface area contributed by atoms with E-state index in [0.29, 0.717) is 6.04 Å². The average Bonchev–Trinajstić information content (AvgIpc) is 2.53. The van der Waals surface area contributed by atoms with E-state index in [1.165, 1.54) is 56.4 Å². The summed E-state index contributed by atoms with van der Waals surface area (Å²) in [5, 5.41) is 3.48. The third kappa shape index (κ3) is 2.26. The molecule has 18 heavy (non-hydrogen) atoms. The van der Waals surface area contributed by atoms with E-state index >= 15 is 0 Å². The quantitative estimate of drug-likeness (QED) is 0.877. The number of nitrogens with zero attached hydrogens (tertiary/aromatic N) is 1. The zero-order valence-corrected chi connectivity index (χ0v) is 11.4. The second-order valence-corrected chi connectivity index (χ2v) is 5.79. The molecule has 3 rings (SSSR count). The van der Waals surface area contributed by atoms with E-state index in [-0.39, 0.29) is 0 Å². The normalized spacial score (nSPS) is 24.3. The standard InChI is InChI=1S/C16H24N2/c1-17-15-9-5-11-18(12-13-6-4-7-13)16-10-3-2-8-14(15)16/h2-3,8,10,13,15,17H,4-7,9,11-12H2,1H3. The summed E-state index contributed by atoms with van der Waals surface area (Å²) in [6.45, 7) is 2.50. The van der Waals surface area contributed by atoms with Crippen LogP contribution in [0.25, 0.3) is 0 Å². The first-order valence-corrected chi connectivity index (χ1v) is 7.39. The molecule has 1 atom stereocenters. The van der Waals surface area contributed by atoms with E-state index in [0.717, 1.165) is 5.92 Å². The maximum absolute atomic E-state index is 3.48. The summed E-state index contributed by atoms with van der Waals surface area (Å²) >= 11 is 0. The zero-order chi connectivity index (χ0) is 12.4. The Kier molecular flexibility index (Phi) is 3.55. The highest BCUT2D eigenvalue weighted by Crippen LogP contribution is 2.35. The first kappa shape index (κ1) is 12.0. The summed E-state index contributed by atoms with van der Waals surface area (Å²) in [6, 6.07) is 9.51. The molecule has 1 aliphatic carbocycles. The number of rotatable bonds is 3. The van der Waals surface area contributed by atoms with Crippen molar-refractivity contribution in [1.82, 2.24) is 5.32 Å². The first-order chi connectivity index (χ1) is 8.88. The van der Waals surface area contributed by atoms with Gasteiger partial charge in [0.15, 0.2) is 0 Å². The molecular weight excluding hydrogens is 220 g/mol. The van der Waals surface area contributed by atoms with Crippen LogP contribution in [0.4, 0.5) is 5.69 Å². The monoisotopic (exact) mass is 244 g/mol. The van der Waals surface area contributed by atoms with Crippen molar-refractivity contribution >= 4 is 5.69 Å². The van der Waals surface area contributed by atoms with Gasteiger partial charge in [-0.25, -0.2) is 0 Å². The number of hydrogen-bond donors (Lipinski definition) is 1. The van der Waals surface area contributed by atoms with E-state index in [1.807, 2.05) is 0 Å². The van der Waals surface area contributed by atoms with E-state index in [1.54, 1.807) is 0 Å². The van der Waals surface area contributed by atoms with Gasteiger partial charge in [-0.15, -0.1) is 0 Å². The highest BCUT2D eigenvalue weighted by atomic mass is 15.1. The molecule has 0 radical (unpaired) electrons. The molecule has 1 aromatic carbocycles. The summed E-state index contributed by atoms with van der Waals surface area (Å²) in [4.78, 5) is 2.64. The Morgan fingerprint density at radius 3 is 2.72 bits per heavy atom. The maximum Gasteiger partial charge on any atom is 0.0414 e. The van der Waals surface area contributed by atoms with Gasteiger partial charge in [0.05, 0.1) is 0 Å². The topological polar surface area (TPSA) is 15.3 Å². The largest absolute Gasteiger partial charge is 0.371 e. The van der Waals surface area contributed by atoms with Crippen LogP contribution in [0.1, 0.15) is 43.7 Å². The van der Waals surface area contributed by atoms with Crippen LogP contribution < -0.4 is 10.2 Å². The molecule has 0 amide bonds. The highest BCUT2D eigenvalue weighted by Gasteiger charge is 2.25. The summed E-state index contributed by atoms with van der Waals surface area (Å²) < 4.78 is 0. The number of para-hydroxylation sites is 1. The SMILES string of the molecule is CNC1CCCN(CC2CCC2)c2ccccc21. The smallest absolute Gasteiger partial charge is 0.0414 e. The van der Waals surface area contributed by atoms with Crippen molar-refractivity contribution in [3.05, 3.63) is 29.8 Å². The molecular formula is C16H24N2. The van der Waals surface area contributed by atoms with E-state index in [2.05, 4.69) is 41.5 Å². The van der Waals surface area contributed by atoms with E-state index in [4.69, 9.17) is 0 Å². The van der Waals surface area contributed by atoms with Crippen LogP contribution in [0.2, 0.25) is 0 Å². The Hall–Kier alpha value is -1.02. The Morgan fingerprint density at radius 2 is 2.00 bits per heavy atom. The van der Waals surface area contributed by atoms with Gasteiger partial charge in [0.1, 0.15) is 0 Å². The van der Waals surface area contributed by atoms with E-state index < -0.39 is 0 Å². The lowest BCUT2D eigenvalue weighted by Gasteiger charge is -2.34. The summed E-state index contributed by atoms with van der Waals surface area (Å²) in [7, 11) is 2.09. The molecule has 98 valence electrons. The van der Waals surface area contributed by atoms with Crippen LogP contribution in [0.5, 0.6) is 0 Å². The van der Waals surface area contributed by atoms with Crippen molar-refractivity contribution in [3.63, 3.8) is 0 Å². The lowest BCUT2D eigenvalue weighted by molar-refractivity contribution is 0.317. The number of fused-ring (bicyclic) bond motifs is 1. The zero-order valence-electron chi connectivity index (χ0n) is 11.4. The van der Waals surface area contributed by atoms with Crippen LogP contribution in [0, 0.1) is 5.92 Å². The minimum Gasteiger partial charge on any atom is -0.371 e. The van der Waals surface area contributed by atoms with Gasteiger partial charge in [0, 0.05) is 24.8 Å². The van der Waals surface area contributed by atoms with Crippen LogP contribution in [0.15, 0.2) is 24.3 Å². The number of hydrogen-bond acceptors (Lipinski definition) is 2. The van der Waals surface area contributed by atoms with Crippen LogP contribution in [-0.4, -0.2) is 20.1 Å². The Bertz CT molecular complexity index is 398. The molecule has 1 unspecified atom stereocenters. The van der Waals surface area contributed by atoms with Gasteiger partial charge in [-0.1, -0.05) is 24.6 Å². The number of nitrogens with one attached hydrogen (secondary N) is 1. The van der Waals surface area contributed by atoms with Gasteiger partial charge in [-0.2, -0.15) is 0 Å². The van der Waals surface area contributed by atoms with Gasteiger partial charge in [-0.05, 0) is 50.3 Å². The van der Waals surface area contributed by atoms with Gasteiger partial charge < -0.3 is 10.2 Å². The fraction of sp³-hybridized carbons (Fsp3) is 0.625. The minimum absolute atomic E-state index is 0.535. The molecule has 0 bridgehead atoms. The van der Waals surface area contributed by atoms with Crippen LogP contribution in [-0.2, 0) is 0 Å². The van der Waals surface area contributed by atoms with Crippen molar-refractivity contribution in [2.45, 2.75) is 38.1 Å². The molecule has 1 N–H and O–H groups in total. The Morgan fingerprint density at radius 1 is 1.17 bits per heavy atom. The molecule has 0 aromatic heterocycles. The van der Waals surface area contributed by atoms with Gasteiger partial charge in [-0.3, -0.25) is 0 Å². The molecule has 1 saturated carbocycles. The molecule has 1 aliphatic heterocycles. The average molecular weight is 244 g/mol. The summed E-state index contributed by atoms with van der Waals surface area (Å²) in [5.74, 6) is 0.948. The maximum atomic E-state index is 3.48. The van der Waals surface area contributed by atoms with Gasteiger partial charge in [0.25, 0.3) is 0 Å². The van der Waals surface area contributed by atoms with Crippen LogP contribution in [0.3, 0.4) is 0 Å². The third-order valence-electron chi connectivity index (χ3n) is 4.63. The Balaban J connectivity index is 1.85. The van der Waals surface area contributed by atoms with Crippen molar-refractivity contribution in [2.24, 2.45) is 5.92 Å². The molecule has 2 nitrogen and oxygen atoms in total. The second-order valence-electron chi connectivity index (χ2n) is 5.79. The van der Waals surface area contributed by atoms with Crippen molar-refractivity contribution in [3.8, 4) is 0 Å². The molecule has 2 aliphatic rings. The Labute approximate surface area is 110 Å². The molecule has 1 heterocycles. The van der Waals surface area contributed by atoms with Crippen molar-refractivity contribution in [2.75, 3.05) is 25.0 Å². The van der Waals surface area contributed by atoms with Gasteiger partial charge >= 0.3 is 0 Å². The number of anilines is 1. The van der Waals surface area contributed by atoms with Crippen molar-refractivity contribution in [1.29, 1.82) is 0 Å². The molecule has 1 fully saturated rings. The molecule has 0 spiro atoms. The second kappa shape index (κ2) is 5.31. The predicted octanol–water partition coefficient (Wildman–Crippen LogP) is 3.35. The summed E-state index contributed by atoms with van der Waals surface area (Å²) in [6.07, 6.45) is 6.88. The first-order valence-electron chi connectivity index (χ1n) is 7.39. The lowest BCUT2D eigenvalue weighted by Crippen LogP contribution is -2.33. The fourth-order valence-electron chi connectivity index (χ4n) is 3.31. The molecule has 2 heteroatoms. The minimum atomic E-state index is 0.535. The fourth-order valence-corrected chi connectivity index (χ4v) is 3.31. The third-order valence-corrected chi connectivity index (χ3v) is 4.63. The van der Waals surface area contributed by atoms with Gasteiger partial charge in [0.2, 0.25) is 0 Å². The number of benzene rings is 1. The predicted molar refractivity (Wildman–Crippen MR) is 77.0 cm³/mol. The highest BCUT2D eigenvalue weighted by molar-refractivity contribution is 5.56. The summed E-state index contributed by atoms with van der Waals surface area (Å²) in [5.41, 5.74) is 2.97. The molecule has 0 saturated heterocycles. The lowest BCUT2D eigenvalue weighted by atomic mass is 9.85.